The van der Waals surface area contributed by atoms with Crippen molar-refractivity contribution in [2.24, 2.45) is 5.92 Å². The maximum atomic E-state index is 13.0. The predicted molar refractivity (Wildman–Crippen MR) is 68.7 cm³/mol. The van der Waals surface area contributed by atoms with Gasteiger partial charge in [-0.15, -0.1) is 0 Å². The summed E-state index contributed by atoms with van der Waals surface area (Å²) in [6.07, 6.45) is 0.584. The highest BCUT2D eigenvalue weighted by molar-refractivity contribution is 9.09. The number of carbonyl (C=O) groups is 1. The van der Waals surface area contributed by atoms with Gasteiger partial charge in [0.15, 0.2) is 0 Å². The highest BCUT2D eigenvalue weighted by atomic mass is 79.9. The Kier molecular flexibility index (Phi) is 4.05. The summed E-state index contributed by atoms with van der Waals surface area (Å²) in [6.45, 7) is 1.25. The first kappa shape index (κ1) is 12.8. The maximum Gasteiger partial charge on any atom is 0.223 e. The monoisotopic (exact) mass is 319 g/mol. The molecule has 17 heavy (non-hydrogen) atoms. The van der Waals surface area contributed by atoms with E-state index in [4.69, 9.17) is 11.6 Å². The molecule has 5 heteroatoms. The Labute approximate surface area is 113 Å². The molecule has 1 saturated heterocycles. The lowest BCUT2D eigenvalue weighted by atomic mass is 10.2. The molecule has 0 aromatic heterocycles. The van der Waals surface area contributed by atoms with Crippen molar-refractivity contribution in [3.63, 3.8) is 0 Å². The van der Waals surface area contributed by atoms with Crippen LogP contribution >= 0.6 is 27.5 Å². The van der Waals surface area contributed by atoms with Gasteiger partial charge in [-0.3, -0.25) is 4.79 Å². The number of rotatable bonds is 3. The van der Waals surface area contributed by atoms with Crippen LogP contribution in [0.1, 0.15) is 12.0 Å². The van der Waals surface area contributed by atoms with E-state index in [1.54, 1.807) is 17.0 Å². The van der Waals surface area contributed by atoms with E-state index in [1.165, 1.54) is 6.07 Å². The number of benzene rings is 1. The summed E-state index contributed by atoms with van der Waals surface area (Å²) in [5, 5.41) is 0.936. The molecule has 1 amide bonds. The highest BCUT2D eigenvalue weighted by Gasteiger charge is 2.28. The molecule has 0 saturated carbocycles. The first-order valence-corrected chi connectivity index (χ1v) is 6.87. The number of nitrogens with zero attached hydrogens (tertiary/aromatic N) is 1. The van der Waals surface area contributed by atoms with Gasteiger partial charge in [-0.1, -0.05) is 33.6 Å². The molecule has 1 atom stereocenters. The Morgan fingerprint density at radius 3 is 2.88 bits per heavy atom. The van der Waals surface area contributed by atoms with Crippen molar-refractivity contribution in [1.29, 1.82) is 0 Å². The van der Waals surface area contributed by atoms with E-state index in [2.05, 4.69) is 15.9 Å². The Morgan fingerprint density at radius 2 is 2.29 bits per heavy atom. The second-order valence-corrected chi connectivity index (χ2v) is 5.30. The van der Waals surface area contributed by atoms with Crippen LogP contribution in [0.2, 0.25) is 5.02 Å². The van der Waals surface area contributed by atoms with Gasteiger partial charge in [0.2, 0.25) is 5.91 Å². The molecule has 0 spiro atoms. The topological polar surface area (TPSA) is 20.3 Å². The van der Waals surface area contributed by atoms with Gasteiger partial charge in [0.25, 0.3) is 0 Å². The van der Waals surface area contributed by atoms with E-state index >= 15 is 0 Å². The third-order valence-corrected chi connectivity index (χ3v) is 4.08. The van der Waals surface area contributed by atoms with Gasteiger partial charge in [-0.05, 0) is 23.6 Å². The van der Waals surface area contributed by atoms with E-state index in [0.29, 0.717) is 18.9 Å². The maximum absolute atomic E-state index is 13.0. The van der Waals surface area contributed by atoms with Crippen LogP contribution in [-0.2, 0) is 11.3 Å². The van der Waals surface area contributed by atoms with Gasteiger partial charge in [0, 0.05) is 24.8 Å². The zero-order valence-electron chi connectivity index (χ0n) is 9.13. The van der Waals surface area contributed by atoms with E-state index in [0.717, 1.165) is 17.4 Å². The minimum atomic E-state index is -0.429. The number of hydrogen-bond acceptors (Lipinski definition) is 1. The summed E-state index contributed by atoms with van der Waals surface area (Å²) in [5.74, 6) is 0.0924. The lowest BCUT2D eigenvalue weighted by Crippen LogP contribution is -2.24. The molecule has 1 aliphatic rings. The largest absolute Gasteiger partial charge is 0.338 e. The van der Waals surface area contributed by atoms with Gasteiger partial charge >= 0.3 is 0 Å². The standard InChI is InChI=1S/C12H12BrClFNO/c13-5-9-4-12(17)16(7-9)6-8-1-2-11(15)10(14)3-8/h1-3,9H,4-7H2. The number of hydrogen-bond donors (Lipinski definition) is 0. The quantitative estimate of drug-likeness (QED) is 0.783. The number of carbonyl (C=O) groups excluding carboxylic acids is 1. The van der Waals surface area contributed by atoms with Crippen LogP contribution in [0.4, 0.5) is 4.39 Å². The average molecular weight is 321 g/mol. The zero-order valence-corrected chi connectivity index (χ0v) is 11.5. The third-order valence-electron chi connectivity index (χ3n) is 2.87. The van der Waals surface area contributed by atoms with Gasteiger partial charge < -0.3 is 4.90 Å². The van der Waals surface area contributed by atoms with Gasteiger partial charge in [-0.25, -0.2) is 4.39 Å². The molecular weight excluding hydrogens is 308 g/mol. The Balaban J connectivity index is 2.06. The molecular formula is C12H12BrClFNO. The second kappa shape index (κ2) is 5.36. The van der Waals surface area contributed by atoms with Crippen molar-refractivity contribution in [2.75, 3.05) is 11.9 Å². The smallest absolute Gasteiger partial charge is 0.223 e. The van der Waals surface area contributed by atoms with Crippen molar-refractivity contribution in [3.05, 3.63) is 34.6 Å². The van der Waals surface area contributed by atoms with E-state index < -0.39 is 5.82 Å². The molecule has 1 fully saturated rings. The third kappa shape index (κ3) is 2.99. The van der Waals surface area contributed by atoms with Crippen LogP contribution in [0.5, 0.6) is 0 Å². The lowest BCUT2D eigenvalue weighted by Gasteiger charge is -2.16. The minimum Gasteiger partial charge on any atom is -0.338 e. The number of likely N-dealkylation sites (tertiary alicyclic amines) is 1. The molecule has 2 rings (SSSR count). The summed E-state index contributed by atoms with van der Waals surface area (Å²) in [7, 11) is 0. The molecule has 1 aromatic rings. The molecule has 1 aliphatic heterocycles. The molecule has 92 valence electrons. The van der Waals surface area contributed by atoms with Crippen LogP contribution in [0, 0.1) is 11.7 Å². The number of amides is 1. The Bertz CT molecular complexity index is 441. The molecule has 0 radical (unpaired) electrons. The lowest BCUT2D eigenvalue weighted by molar-refractivity contribution is -0.128. The van der Waals surface area contributed by atoms with E-state index in [1.807, 2.05) is 0 Å². The molecule has 0 aliphatic carbocycles. The fraction of sp³-hybridized carbons (Fsp3) is 0.417. The molecule has 1 heterocycles. The van der Waals surface area contributed by atoms with E-state index in [-0.39, 0.29) is 10.9 Å². The normalized spacial score (nSPS) is 20.1. The van der Waals surface area contributed by atoms with Crippen LogP contribution in [-0.4, -0.2) is 22.7 Å². The van der Waals surface area contributed by atoms with E-state index in [9.17, 15) is 9.18 Å². The predicted octanol–water partition coefficient (Wildman–Crippen LogP) is 3.22. The Hall–Kier alpha value is -0.610. The first-order chi connectivity index (χ1) is 8.10. The molecule has 0 N–H and O–H groups in total. The number of alkyl halides is 1. The second-order valence-electron chi connectivity index (χ2n) is 4.25. The highest BCUT2D eigenvalue weighted by Crippen LogP contribution is 2.23. The van der Waals surface area contributed by atoms with Gasteiger partial charge in [-0.2, -0.15) is 0 Å². The van der Waals surface area contributed by atoms with Crippen molar-refractivity contribution < 1.29 is 9.18 Å². The van der Waals surface area contributed by atoms with Crippen molar-refractivity contribution in [2.45, 2.75) is 13.0 Å². The molecule has 1 aromatic carbocycles. The fourth-order valence-corrected chi connectivity index (χ4v) is 2.61. The molecule has 0 bridgehead atoms. The van der Waals surface area contributed by atoms with Gasteiger partial charge in [0.1, 0.15) is 5.82 Å². The Morgan fingerprint density at radius 1 is 1.53 bits per heavy atom. The summed E-state index contributed by atoms with van der Waals surface area (Å²) >= 11 is 9.09. The van der Waals surface area contributed by atoms with Crippen LogP contribution in [0.25, 0.3) is 0 Å². The fourth-order valence-electron chi connectivity index (χ4n) is 1.97. The van der Waals surface area contributed by atoms with Crippen molar-refractivity contribution in [3.8, 4) is 0 Å². The zero-order chi connectivity index (χ0) is 12.4. The number of halogens is 3. The molecule has 1 unspecified atom stereocenters. The minimum absolute atomic E-state index is 0.103. The van der Waals surface area contributed by atoms with Crippen LogP contribution < -0.4 is 0 Å². The first-order valence-electron chi connectivity index (χ1n) is 5.38. The van der Waals surface area contributed by atoms with Crippen LogP contribution in [0.3, 0.4) is 0 Å². The average Bonchev–Trinajstić information content (AvgIpc) is 2.65. The van der Waals surface area contributed by atoms with Crippen molar-refractivity contribution >= 4 is 33.4 Å². The summed E-state index contributed by atoms with van der Waals surface area (Å²) in [6, 6.07) is 4.57. The van der Waals surface area contributed by atoms with Crippen molar-refractivity contribution in [1.82, 2.24) is 4.90 Å². The van der Waals surface area contributed by atoms with Gasteiger partial charge in [0.05, 0.1) is 5.02 Å². The molecule has 2 nitrogen and oxygen atoms in total. The summed E-state index contributed by atoms with van der Waals surface area (Å²) in [4.78, 5) is 13.5. The summed E-state index contributed by atoms with van der Waals surface area (Å²) < 4.78 is 13.0. The summed E-state index contributed by atoms with van der Waals surface area (Å²) in [5.41, 5.74) is 0.861. The van der Waals surface area contributed by atoms with Crippen LogP contribution in [0.15, 0.2) is 18.2 Å². The SMILES string of the molecule is O=C1CC(CBr)CN1Cc1ccc(F)c(Cl)c1.